The summed E-state index contributed by atoms with van der Waals surface area (Å²) in [5, 5.41) is 2.66. The first kappa shape index (κ1) is 35.4. The van der Waals surface area contributed by atoms with Crippen molar-refractivity contribution in [2.75, 3.05) is 18.6 Å². The molecule has 0 saturated carbocycles. The van der Waals surface area contributed by atoms with Crippen LogP contribution in [0.15, 0.2) is 79.3 Å². The van der Waals surface area contributed by atoms with Crippen molar-refractivity contribution in [2.24, 2.45) is 7.05 Å². The van der Waals surface area contributed by atoms with Crippen LogP contribution in [-0.4, -0.2) is 60.1 Å². The second-order valence-electron chi connectivity index (χ2n) is 12.3. The molecule has 4 aromatic rings. The van der Waals surface area contributed by atoms with Gasteiger partial charge in [-0.25, -0.2) is 27.0 Å². The molecule has 1 aromatic heterocycles. The predicted octanol–water partition coefficient (Wildman–Crippen LogP) is 5.59. The number of carbonyl (C=O) groups excluding carboxylic acids is 2. The van der Waals surface area contributed by atoms with Crippen molar-refractivity contribution < 1.29 is 36.3 Å². The highest BCUT2D eigenvalue weighted by molar-refractivity contribution is 7.90. The van der Waals surface area contributed by atoms with Gasteiger partial charge in [-0.1, -0.05) is 30.3 Å². The minimum atomic E-state index is -3.46. The first-order valence-electron chi connectivity index (χ1n) is 15.0. The van der Waals surface area contributed by atoms with Gasteiger partial charge in [0.2, 0.25) is 0 Å². The molecule has 0 spiro atoms. The average Bonchev–Trinajstić information content (AvgIpc) is 3.41. The Labute approximate surface area is 273 Å². The Bertz CT molecular complexity index is 1800. The maximum absolute atomic E-state index is 13.9. The molecule has 0 aliphatic rings. The summed E-state index contributed by atoms with van der Waals surface area (Å²) in [6, 6.07) is 15.2. The van der Waals surface area contributed by atoms with Crippen LogP contribution >= 0.6 is 0 Å². The van der Waals surface area contributed by atoms with Crippen LogP contribution in [0.1, 0.15) is 60.5 Å². The number of aryl methyl sites for hydroxylation is 1. The quantitative estimate of drug-likeness (QED) is 0.185. The fourth-order valence-electron chi connectivity index (χ4n) is 4.91. The summed E-state index contributed by atoms with van der Waals surface area (Å²) in [7, 11) is -1.58. The molecule has 1 heterocycles. The number of nitrogens with one attached hydrogen (secondary N) is 1. The highest BCUT2D eigenvalue weighted by Crippen LogP contribution is 2.33. The van der Waals surface area contributed by atoms with Crippen LogP contribution in [0.4, 0.5) is 8.78 Å². The lowest BCUT2D eigenvalue weighted by atomic mass is 9.92. The van der Waals surface area contributed by atoms with E-state index < -0.39 is 51.1 Å². The highest BCUT2D eigenvalue weighted by Gasteiger charge is 2.29. The van der Waals surface area contributed by atoms with Crippen molar-refractivity contribution in [2.45, 2.75) is 51.4 Å². The van der Waals surface area contributed by atoms with Gasteiger partial charge in [0, 0.05) is 37.2 Å². The molecule has 4 rings (SSSR count). The summed E-state index contributed by atoms with van der Waals surface area (Å²) in [5.41, 5.74) is 2.46. The Morgan fingerprint density at radius 1 is 0.957 bits per heavy atom. The zero-order chi connectivity index (χ0) is 34.4. The number of imidazole rings is 1. The lowest BCUT2D eigenvalue weighted by molar-refractivity contribution is -0.157. The number of nitrogens with zero attached hydrogens (tertiary/aromatic N) is 2. The molecular weight excluding hydrogens is 628 g/mol. The number of sulfone groups is 1. The van der Waals surface area contributed by atoms with E-state index in [-0.39, 0.29) is 17.7 Å². The molecule has 12 heteroatoms. The standard InChI is InChI=1S/C35H39F2N3O6S/c1-35(2,3)46-34(42)31(17-19-47(5,43)44)39-33(41)29-15-10-25(20-30(29)23-6-11-26(36)12-7-23)32(24-8-13-27(37)14-9-24)45-18-16-28-21-38-22-40(28)4/h6-15,20-22,31-32H,16-19H2,1-5H3,(H,39,41)/t31-,32?/m0/s1. The van der Waals surface area contributed by atoms with Crippen molar-refractivity contribution >= 4 is 21.7 Å². The summed E-state index contributed by atoms with van der Waals surface area (Å²) in [6.45, 7) is 5.31. The lowest BCUT2D eigenvalue weighted by Crippen LogP contribution is -2.45. The number of esters is 1. The summed E-state index contributed by atoms with van der Waals surface area (Å²) in [4.78, 5) is 31.0. The number of halogens is 2. The molecule has 1 N–H and O–H groups in total. The second-order valence-corrected chi connectivity index (χ2v) is 14.6. The normalized spacial score (nSPS) is 13.2. The Kier molecular flexibility index (Phi) is 11.3. The number of hydrogen-bond donors (Lipinski definition) is 1. The van der Waals surface area contributed by atoms with E-state index >= 15 is 0 Å². The maximum atomic E-state index is 13.9. The molecule has 250 valence electrons. The first-order chi connectivity index (χ1) is 22.1. The largest absolute Gasteiger partial charge is 0.458 e. The molecule has 0 fully saturated rings. The number of hydrogen-bond acceptors (Lipinski definition) is 7. The van der Waals surface area contributed by atoms with Crippen LogP contribution in [0.5, 0.6) is 0 Å². The van der Waals surface area contributed by atoms with Crippen LogP contribution in [0, 0.1) is 11.6 Å². The molecule has 47 heavy (non-hydrogen) atoms. The van der Waals surface area contributed by atoms with Crippen molar-refractivity contribution in [3.05, 3.63) is 113 Å². The SMILES string of the molecule is Cn1cncc1CCOC(c1ccc(F)cc1)c1ccc(C(=O)N[C@@H](CCS(C)(=O)=O)C(=O)OC(C)(C)C)c(-c2ccc(F)cc2)c1. The minimum Gasteiger partial charge on any atom is -0.458 e. The number of amides is 1. The molecule has 3 aromatic carbocycles. The average molecular weight is 668 g/mol. The fourth-order valence-corrected chi connectivity index (χ4v) is 5.57. The molecule has 0 radical (unpaired) electrons. The smallest absolute Gasteiger partial charge is 0.329 e. The topological polar surface area (TPSA) is 117 Å². The third kappa shape index (κ3) is 10.3. The van der Waals surface area contributed by atoms with E-state index in [0.717, 1.165) is 11.9 Å². The molecular formula is C35H39F2N3O6S. The monoisotopic (exact) mass is 667 g/mol. The summed E-state index contributed by atoms with van der Waals surface area (Å²) < 4.78 is 65.4. The van der Waals surface area contributed by atoms with Gasteiger partial charge in [0.15, 0.2) is 0 Å². The lowest BCUT2D eigenvalue weighted by Gasteiger charge is -2.25. The molecule has 1 amide bonds. The van der Waals surface area contributed by atoms with Crippen LogP contribution in [0.25, 0.3) is 11.1 Å². The van der Waals surface area contributed by atoms with E-state index in [2.05, 4.69) is 10.3 Å². The minimum absolute atomic E-state index is 0.154. The van der Waals surface area contributed by atoms with Gasteiger partial charge < -0.3 is 19.4 Å². The fraction of sp³-hybridized carbons (Fsp3) is 0.343. The Hall–Kier alpha value is -4.42. The van der Waals surface area contributed by atoms with Gasteiger partial charge in [0.25, 0.3) is 5.91 Å². The van der Waals surface area contributed by atoms with Crippen molar-refractivity contribution in [3.63, 3.8) is 0 Å². The number of carbonyl (C=O) groups is 2. The van der Waals surface area contributed by atoms with E-state index in [4.69, 9.17) is 9.47 Å². The van der Waals surface area contributed by atoms with Gasteiger partial charge in [-0.3, -0.25) is 4.79 Å². The third-order valence-electron chi connectivity index (χ3n) is 7.25. The van der Waals surface area contributed by atoms with Crippen LogP contribution < -0.4 is 5.32 Å². The van der Waals surface area contributed by atoms with Gasteiger partial charge in [0.1, 0.15) is 39.2 Å². The molecule has 0 aliphatic heterocycles. The van der Waals surface area contributed by atoms with E-state index in [1.807, 2.05) is 11.6 Å². The summed E-state index contributed by atoms with van der Waals surface area (Å²) in [5.74, 6) is -2.65. The second kappa shape index (κ2) is 15.0. The van der Waals surface area contributed by atoms with Crippen LogP contribution in [-0.2, 0) is 37.6 Å². The van der Waals surface area contributed by atoms with Gasteiger partial charge in [-0.15, -0.1) is 0 Å². The Morgan fingerprint density at radius 3 is 2.15 bits per heavy atom. The Morgan fingerprint density at radius 2 is 1.57 bits per heavy atom. The molecule has 9 nitrogen and oxygen atoms in total. The van der Waals surface area contributed by atoms with Gasteiger partial charge in [0.05, 0.1) is 18.7 Å². The first-order valence-corrected chi connectivity index (χ1v) is 17.1. The van der Waals surface area contributed by atoms with Crippen LogP contribution in [0.3, 0.4) is 0 Å². The number of benzene rings is 3. The predicted molar refractivity (Wildman–Crippen MR) is 174 cm³/mol. The Balaban J connectivity index is 1.73. The van der Waals surface area contributed by atoms with Crippen molar-refractivity contribution in [1.82, 2.24) is 14.9 Å². The number of rotatable bonds is 13. The molecule has 1 unspecified atom stereocenters. The molecule has 2 atom stereocenters. The number of aromatic nitrogens is 2. The molecule has 0 bridgehead atoms. The van der Waals surface area contributed by atoms with Crippen molar-refractivity contribution in [1.29, 1.82) is 0 Å². The highest BCUT2D eigenvalue weighted by atomic mass is 32.2. The van der Waals surface area contributed by atoms with Gasteiger partial charge >= 0.3 is 5.97 Å². The molecule has 0 aliphatic carbocycles. The number of ether oxygens (including phenoxy) is 2. The zero-order valence-electron chi connectivity index (χ0n) is 27.0. The van der Waals surface area contributed by atoms with E-state index in [1.54, 1.807) is 63.6 Å². The van der Waals surface area contributed by atoms with Gasteiger partial charge in [-0.05, 0) is 85.8 Å². The summed E-state index contributed by atoms with van der Waals surface area (Å²) >= 11 is 0. The van der Waals surface area contributed by atoms with Crippen LogP contribution in [0.2, 0.25) is 0 Å². The van der Waals surface area contributed by atoms with Gasteiger partial charge in [-0.2, -0.15) is 0 Å². The zero-order valence-corrected chi connectivity index (χ0v) is 27.8. The summed E-state index contributed by atoms with van der Waals surface area (Å²) in [6.07, 6.45) is 4.18. The molecule has 0 saturated heterocycles. The maximum Gasteiger partial charge on any atom is 0.329 e. The van der Waals surface area contributed by atoms with E-state index in [1.165, 1.54) is 36.4 Å². The van der Waals surface area contributed by atoms with Crippen molar-refractivity contribution in [3.8, 4) is 11.1 Å². The van der Waals surface area contributed by atoms with E-state index in [9.17, 15) is 26.8 Å². The third-order valence-corrected chi connectivity index (χ3v) is 8.23. The van der Waals surface area contributed by atoms with E-state index in [0.29, 0.717) is 35.3 Å².